The lowest BCUT2D eigenvalue weighted by atomic mass is 10.1. The maximum Gasteiger partial charge on any atom is 0.472 e. The third kappa shape index (κ3) is 11.0. The minimum absolute atomic E-state index is 0.0101. The fourth-order valence-corrected chi connectivity index (χ4v) is 7.40. The normalized spacial score (nSPS) is 38.5. The summed E-state index contributed by atoms with van der Waals surface area (Å²) in [7, 11) is -6.92. The van der Waals surface area contributed by atoms with Gasteiger partial charge in [-0.3, -0.25) is 9.05 Å². The van der Waals surface area contributed by atoms with Crippen LogP contribution in [0.2, 0.25) is 0 Å². The van der Waals surface area contributed by atoms with Crippen molar-refractivity contribution in [2.45, 2.75) is 135 Å². The Kier molecular flexibility index (Phi) is 12.5. The predicted octanol–water partition coefficient (Wildman–Crippen LogP) is 4.55. The molecule has 3 aliphatic heterocycles. The largest absolute Gasteiger partial charge is 0.472 e. The van der Waals surface area contributed by atoms with E-state index in [0.717, 1.165) is 6.42 Å². The fourth-order valence-electron chi connectivity index (χ4n) is 5.12. The number of hydrogen-bond donors (Lipinski definition) is 1. The van der Waals surface area contributed by atoms with Crippen molar-refractivity contribution in [1.29, 1.82) is 0 Å². The van der Waals surface area contributed by atoms with Gasteiger partial charge in [0.15, 0.2) is 0 Å². The van der Waals surface area contributed by atoms with Crippen LogP contribution in [0.4, 0.5) is 0 Å². The van der Waals surface area contributed by atoms with Crippen LogP contribution in [-0.4, -0.2) is 105 Å². The summed E-state index contributed by atoms with van der Waals surface area (Å²) in [5.74, 6) is 0. The van der Waals surface area contributed by atoms with Crippen molar-refractivity contribution in [2.75, 3.05) is 26.5 Å². The van der Waals surface area contributed by atoms with Gasteiger partial charge in [-0.25, -0.2) is 4.57 Å². The minimum Gasteiger partial charge on any atom is -0.376 e. The first-order chi connectivity index (χ1) is 18.1. The predicted molar refractivity (Wildman–Crippen MR) is 149 cm³/mol. The highest BCUT2D eigenvalue weighted by molar-refractivity contribution is 7.63. The SMILES string of the molecule is C=P(C)(OC[C@H]1O[C@@H](C)C[C@H]1OP(=O)(O)OC[C@H]1O[C@@H](C)C[C@H]1OC(C)C)O[C@@H]1C[C@H](C)O[C@@H]1COC(C)C. The van der Waals surface area contributed by atoms with E-state index in [2.05, 4.69) is 6.30 Å². The summed E-state index contributed by atoms with van der Waals surface area (Å²) in [5.41, 5.74) is 0. The van der Waals surface area contributed by atoms with E-state index < -0.39 is 33.5 Å². The summed E-state index contributed by atoms with van der Waals surface area (Å²) >= 11 is 0. The van der Waals surface area contributed by atoms with E-state index in [1.165, 1.54) is 0 Å². The molecule has 0 aromatic carbocycles. The van der Waals surface area contributed by atoms with Gasteiger partial charge < -0.3 is 37.6 Å². The van der Waals surface area contributed by atoms with Gasteiger partial charge >= 0.3 is 7.82 Å². The summed E-state index contributed by atoms with van der Waals surface area (Å²) in [5, 5.41) is 0. The smallest absolute Gasteiger partial charge is 0.376 e. The lowest BCUT2D eigenvalue weighted by Gasteiger charge is -2.29. The molecule has 11 atom stereocenters. The van der Waals surface area contributed by atoms with Crippen LogP contribution in [0.3, 0.4) is 0 Å². The van der Waals surface area contributed by atoms with Crippen LogP contribution < -0.4 is 0 Å². The van der Waals surface area contributed by atoms with Crippen LogP contribution in [0, 0.1) is 0 Å². The van der Waals surface area contributed by atoms with Gasteiger partial charge in [-0.05, 0) is 48.5 Å². The Labute approximate surface area is 234 Å². The highest BCUT2D eigenvalue weighted by atomic mass is 31.2. The number of phosphoric acid groups is 1. The lowest BCUT2D eigenvalue weighted by molar-refractivity contribution is -0.0657. The Balaban J connectivity index is 1.51. The molecule has 3 saturated heterocycles. The highest BCUT2D eigenvalue weighted by Gasteiger charge is 2.42. The van der Waals surface area contributed by atoms with E-state index >= 15 is 0 Å². The van der Waals surface area contributed by atoms with Gasteiger partial charge in [-0.2, -0.15) is 0 Å². The topological polar surface area (TPSA) is 120 Å². The molecule has 0 amide bonds. The Morgan fingerprint density at radius 3 is 1.77 bits per heavy atom. The molecular formula is C26H50O11P2. The molecule has 3 fully saturated rings. The molecule has 0 aliphatic carbocycles. The first-order valence-corrected chi connectivity index (χ1v) is 17.8. The summed E-state index contributed by atoms with van der Waals surface area (Å²) in [6.07, 6.45) is 3.68. The maximum atomic E-state index is 12.9. The summed E-state index contributed by atoms with van der Waals surface area (Å²) < 4.78 is 65.6. The van der Waals surface area contributed by atoms with Gasteiger partial charge in [0.1, 0.15) is 31.8 Å². The Morgan fingerprint density at radius 1 is 0.769 bits per heavy atom. The third-order valence-corrected chi connectivity index (χ3v) is 9.16. The number of phosphoric ester groups is 1. The van der Waals surface area contributed by atoms with Gasteiger partial charge in [0.05, 0.1) is 62.5 Å². The zero-order valence-corrected chi connectivity index (χ0v) is 26.5. The molecule has 11 nitrogen and oxygen atoms in total. The molecule has 230 valence electrons. The standard InChI is InChI=1S/C26H50O11P2/c1-16(2)29-13-24-22(11-19(6)33-24)36-38(8,9)30-14-26-23(12-20(7)35-26)37-39(27,28)31-15-25-21(32-17(3)4)10-18(5)34-25/h16-26H,8,10-15H2,1-7,9H3,(H,27,28)/t18-,19-,20-,21+,22+,23+,24+,25+,26+,38?/m0/s1. The van der Waals surface area contributed by atoms with E-state index in [1.54, 1.807) is 0 Å². The first kappa shape index (κ1) is 33.6. The number of hydrogen-bond acceptors (Lipinski definition) is 10. The zero-order chi connectivity index (χ0) is 29.0. The lowest BCUT2D eigenvalue weighted by Crippen LogP contribution is -2.32. The minimum atomic E-state index is -4.40. The third-order valence-electron chi connectivity index (χ3n) is 6.74. The van der Waals surface area contributed by atoms with Crippen LogP contribution in [0.1, 0.15) is 67.7 Å². The van der Waals surface area contributed by atoms with Crippen molar-refractivity contribution >= 4 is 21.5 Å². The van der Waals surface area contributed by atoms with Crippen LogP contribution in [0.15, 0.2) is 0 Å². The van der Waals surface area contributed by atoms with Crippen LogP contribution >= 0.6 is 15.2 Å². The molecule has 2 unspecified atom stereocenters. The van der Waals surface area contributed by atoms with Crippen LogP contribution in [0.25, 0.3) is 0 Å². The molecule has 0 saturated carbocycles. The van der Waals surface area contributed by atoms with E-state index in [0.29, 0.717) is 19.4 Å². The molecule has 0 spiro atoms. The van der Waals surface area contributed by atoms with Crippen LogP contribution in [0.5, 0.6) is 0 Å². The van der Waals surface area contributed by atoms with Crippen molar-refractivity contribution in [3.8, 4) is 0 Å². The Bertz CT molecular complexity index is 856. The number of rotatable bonds is 15. The molecular weight excluding hydrogens is 550 g/mol. The molecule has 13 heteroatoms. The monoisotopic (exact) mass is 600 g/mol. The molecule has 0 aromatic rings. The van der Waals surface area contributed by atoms with Crippen molar-refractivity contribution in [2.24, 2.45) is 0 Å². The Morgan fingerprint density at radius 2 is 1.23 bits per heavy atom. The van der Waals surface area contributed by atoms with E-state index in [-0.39, 0.29) is 62.0 Å². The molecule has 1 N–H and O–H groups in total. The maximum absolute atomic E-state index is 12.9. The van der Waals surface area contributed by atoms with Gasteiger partial charge in [-0.15, -0.1) is 0 Å². The molecule has 3 heterocycles. The van der Waals surface area contributed by atoms with E-state index in [9.17, 15) is 9.46 Å². The zero-order valence-electron chi connectivity index (χ0n) is 24.7. The van der Waals surface area contributed by atoms with Gasteiger partial charge in [0.25, 0.3) is 0 Å². The second kappa shape index (κ2) is 14.5. The molecule has 0 radical (unpaired) electrons. The molecule has 3 rings (SSSR count). The average Bonchev–Trinajstić information content (AvgIpc) is 3.44. The molecule has 0 bridgehead atoms. The van der Waals surface area contributed by atoms with Crippen LogP contribution in [-0.2, 0) is 46.3 Å². The van der Waals surface area contributed by atoms with Gasteiger partial charge in [0.2, 0.25) is 0 Å². The average molecular weight is 601 g/mol. The molecule has 3 aliphatic rings. The van der Waals surface area contributed by atoms with Crippen molar-refractivity contribution < 1.29 is 51.2 Å². The van der Waals surface area contributed by atoms with Crippen molar-refractivity contribution in [1.82, 2.24) is 0 Å². The second-order valence-corrected chi connectivity index (χ2v) is 15.5. The Hall–Kier alpha value is 0.130. The second-order valence-electron chi connectivity index (χ2n) is 11.6. The molecule has 0 aromatic heterocycles. The van der Waals surface area contributed by atoms with Gasteiger partial charge in [0, 0.05) is 25.9 Å². The fraction of sp³-hybridized carbons (Fsp3) is 0.962. The quantitative estimate of drug-likeness (QED) is 0.267. The van der Waals surface area contributed by atoms with Gasteiger partial charge in [-0.1, -0.05) is 6.30 Å². The highest BCUT2D eigenvalue weighted by Crippen LogP contribution is 2.50. The summed E-state index contributed by atoms with van der Waals surface area (Å²) in [6, 6.07) is 0. The van der Waals surface area contributed by atoms with Crippen molar-refractivity contribution in [3.63, 3.8) is 0 Å². The van der Waals surface area contributed by atoms with Crippen molar-refractivity contribution in [3.05, 3.63) is 0 Å². The van der Waals surface area contributed by atoms with E-state index in [1.807, 2.05) is 55.1 Å². The summed E-state index contributed by atoms with van der Waals surface area (Å²) in [6.45, 7) is 15.9. The first-order valence-electron chi connectivity index (χ1n) is 14.1. The molecule has 39 heavy (non-hydrogen) atoms. The number of ether oxygens (including phenoxy) is 5. The summed E-state index contributed by atoms with van der Waals surface area (Å²) in [4.78, 5) is 10.5. The van der Waals surface area contributed by atoms with E-state index in [4.69, 9.17) is 41.8 Å².